The lowest BCUT2D eigenvalue weighted by molar-refractivity contribution is 0.290. The average Bonchev–Trinajstić information content (AvgIpc) is 2.46. The Labute approximate surface area is 65.0 Å². The van der Waals surface area contributed by atoms with E-state index in [2.05, 4.69) is 6.07 Å². The first-order valence-electron chi connectivity index (χ1n) is 3.54. The van der Waals surface area contributed by atoms with Crippen LogP contribution in [0.3, 0.4) is 0 Å². The van der Waals surface area contributed by atoms with Gasteiger partial charge in [-0.2, -0.15) is 5.26 Å². The molecule has 2 nitrogen and oxygen atoms in total. The smallest absolute Gasteiger partial charge is 0.188 e. The molecule has 0 amide bonds. The molecule has 0 fully saturated rings. The maximum absolute atomic E-state index is 8.56. The Morgan fingerprint density at radius 1 is 1.45 bits per heavy atom. The summed E-state index contributed by atoms with van der Waals surface area (Å²) in [5, 5.41) is 8.56. The standard InChI is InChI=1S/C9H7NO/c10-6-8-5-7-3-1-2-4-9(7)11-8/h1-4,8H,5H2. The van der Waals surface area contributed by atoms with E-state index in [4.69, 9.17) is 10.00 Å². The van der Waals surface area contributed by atoms with Gasteiger partial charge in [0.25, 0.3) is 0 Å². The van der Waals surface area contributed by atoms with Gasteiger partial charge in [0.1, 0.15) is 11.8 Å². The highest BCUT2D eigenvalue weighted by Gasteiger charge is 2.20. The third-order valence-corrected chi connectivity index (χ3v) is 1.79. The largest absolute Gasteiger partial charge is 0.475 e. The summed E-state index contributed by atoms with van der Waals surface area (Å²) in [6.07, 6.45) is 0.458. The van der Waals surface area contributed by atoms with Crippen molar-refractivity contribution in [3.63, 3.8) is 0 Å². The number of nitrogens with zero attached hydrogens (tertiary/aromatic N) is 1. The van der Waals surface area contributed by atoms with Gasteiger partial charge >= 0.3 is 0 Å². The van der Waals surface area contributed by atoms with Crippen molar-refractivity contribution in [3.05, 3.63) is 29.8 Å². The Kier molecular flexibility index (Phi) is 1.29. The highest BCUT2D eigenvalue weighted by Crippen LogP contribution is 2.27. The van der Waals surface area contributed by atoms with Crippen molar-refractivity contribution in [1.82, 2.24) is 0 Å². The molecule has 1 atom stereocenters. The second-order valence-corrected chi connectivity index (χ2v) is 2.55. The number of para-hydroxylation sites is 1. The van der Waals surface area contributed by atoms with Gasteiger partial charge in [-0.3, -0.25) is 0 Å². The van der Waals surface area contributed by atoms with Crippen molar-refractivity contribution >= 4 is 0 Å². The lowest BCUT2D eigenvalue weighted by Gasteiger charge is -1.98. The Balaban J connectivity index is 2.35. The van der Waals surface area contributed by atoms with E-state index >= 15 is 0 Å². The van der Waals surface area contributed by atoms with Crippen molar-refractivity contribution in [3.8, 4) is 11.8 Å². The summed E-state index contributed by atoms with van der Waals surface area (Å²) in [6, 6.07) is 9.85. The summed E-state index contributed by atoms with van der Waals surface area (Å²) < 4.78 is 5.29. The fourth-order valence-corrected chi connectivity index (χ4v) is 1.25. The van der Waals surface area contributed by atoms with Crippen LogP contribution in [0.15, 0.2) is 24.3 Å². The molecule has 0 bridgehead atoms. The van der Waals surface area contributed by atoms with Gasteiger partial charge in [-0.05, 0) is 11.6 Å². The predicted octanol–water partition coefficient (Wildman–Crippen LogP) is 1.51. The van der Waals surface area contributed by atoms with Gasteiger partial charge in [0.05, 0.1) is 0 Å². The van der Waals surface area contributed by atoms with Crippen LogP contribution in [0, 0.1) is 11.3 Å². The van der Waals surface area contributed by atoms with E-state index in [1.807, 2.05) is 24.3 Å². The van der Waals surface area contributed by atoms with Gasteiger partial charge < -0.3 is 4.74 Å². The van der Waals surface area contributed by atoms with Crippen LogP contribution >= 0.6 is 0 Å². The molecule has 0 saturated carbocycles. The van der Waals surface area contributed by atoms with Crippen molar-refractivity contribution in [2.45, 2.75) is 12.5 Å². The highest BCUT2D eigenvalue weighted by atomic mass is 16.5. The van der Waals surface area contributed by atoms with Crippen molar-refractivity contribution in [2.75, 3.05) is 0 Å². The monoisotopic (exact) mass is 145 g/mol. The van der Waals surface area contributed by atoms with Crippen LogP contribution in [0.1, 0.15) is 5.56 Å². The molecule has 0 aromatic heterocycles. The number of rotatable bonds is 0. The number of hydrogen-bond donors (Lipinski definition) is 0. The molecule has 2 rings (SSSR count). The third-order valence-electron chi connectivity index (χ3n) is 1.79. The normalized spacial score (nSPS) is 20.1. The topological polar surface area (TPSA) is 33.0 Å². The predicted molar refractivity (Wildman–Crippen MR) is 40.2 cm³/mol. The SMILES string of the molecule is N#CC1Cc2ccccc2O1. The van der Waals surface area contributed by atoms with Crippen LogP contribution in [0.4, 0.5) is 0 Å². The maximum Gasteiger partial charge on any atom is 0.188 e. The van der Waals surface area contributed by atoms with E-state index in [1.54, 1.807) is 0 Å². The third kappa shape index (κ3) is 0.947. The zero-order chi connectivity index (χ0) is 7.68. The number of benzene rings is 1. The molecule has 0 N–H and O–H groups in total. The van der Waals surface area contributed by atoms with Gasteiger partial charge in [0, 0.05) is 6.42 Å². The molecule has 11 heavy (non-hydrogen) atoms. The van der Waals surface area contributed by atoms with Gasteiger partial charge in [0.15, 0.2) is 6.10 Å². The van der Waals surface area contributed by atoms with E-state index in [0.717, 1.165) is 17.7 Å². The van der Waals surface area contributed by atoms with Crippen molar-refractivity contribution in [2.24, 2.45) is 0 Å². The van der Waals surface area contributed by atoms with Crippen LogP contribution < -0.4 is 4.74 Å². The molecule has 1 unspecified atom stereocenters. The summed E-state index contributed by atoms with van der Waals surface area (Å²) in [5.74, 6) is 0.860. The fourth-order valence-electron chi connectivity index (χ4n) is 1.25. The second-order valence-electron chi connectivity index (χ2n) is 2.55. The molecule has 2 heteroatoms. The summed E-state index contributed by atoms with van der Waals surface area (Å²) >= 11 is 0. The number of ether oxygens (including phenoxy) is 1. The molecular formula is C9H7NO. The summed E-state index contributed by atoms with van der Waals surface area (Å²) in [5.41, 5.74) is 1.14. The van der Waals surface area contributed by atoms with E-state index in [1.165, 1.54) is 0 Å². The Bertz CT molecular complexity index is 289. The van der Waals surface area contributed by atoms with Gasteiger partial charge in [-0.15, -0.1) is 0 Å². The lowest BCUT2D eigenvalue weighted by atomic mass is 10.1. The average molecular weight is 145 g/mol. The molecule has 54 valence electrons. The van der Waals surface area contributed by atoms with Gasteiger partial charge in [-0.1, -0.05) is 18.2 Å². The van der Waals surface area contributed by atoms with Crippen LogP contribution in [0.5, 0.6) is 5.75 Å². The molecule has 1 aromatic carbocycles. The van der Waals surface area contributed by atoms with Crippen LogP contribution in [-0.4, -0.2) is 6.10 Å². The second kappa shape index (κ2) is 2.28. The number of fused-ring (bicyclic) bond motifs is 1. The minimum absolute atomic E-state index is 0.271. The summed E-state index contributed by atoms with van der Waals surface area (Å²) in [7, 11) is 0. The molecule has 0 spiro atoms. The summed E-state index contributed by atoms with van der Waals surface area (Å²) in [6.45, 7) is 0. The lowest BCUT2D eigenvalue weighted by Crippen LogP contribution is -2.08. The molecule has 0 aliphatic carbocycles. The quantitative estimate of drug-likeness (QED) is 0.554. The Morgan fingerprint density at radius 3 is 3.00 bits per heavy atom. The molecule has 0 saturated heterocycles. The van der Waals surface area contributed by atoms with Gasteiger partial charge in [0.2, 0.25) is 0 Å². The number of nitriles is 1. The van der Waals surface area contributed by atoms with Gasteiger partial charge in [-0.25, -0.2) is 0 Å². The molecule has 0 radical (unpaired) electrons. The van der Waals surface area contributed by atoms with E-state index < -0.39 is 0 Å². The first kappa shape index (κ1) is 6.23. The van der Waals surface area contributed by atoms with E-state index in [9.17, 15) is 0 Å². The zero-order valence-electron chi connectivity index (χ0n) is 5.95. The van der Waals surface area contributed by atoms with Crippen molar-refractivity contribution < 1.29 is 4.74 Å². The van der Waals surface area contributed by atoms with Crippen LogP contribution in [0.2, 0.25) is 0 Å². The number of hydrogen-bond acceptors (Lipinski definition) is 2. The first-order chi connectivity index (χ1) is 5.40. The maximum atomic E-state index is 8.56. The highest BCUT2D eigenvalue weighted by molar-refractivity contribution is 5.38. The fraction of sp³-hybridized carbons (Fsp3) is 0.222. The Morgan fingerprint density at radius 2 is 2.27 bits per heavy atom. The molecule has 1 aromatic rings. The molecule has 1 aliphatic rings. The molecule has 1 heterocycles. The summed E-state index contributed by atoms with van der Waals surface area (Å²) in [4.78, 5) is 0. The van der Waals surface area contributed by atoms with E-state index in [-0.39, 0.29) is 6.10 Å². The first-order valence-corrected chi connectivity index (χ1v) is 3.54. The van der Waals surface area contributed by atoms with Crippen molar-refractivity contribution in [1.29, 1.82) is 5.26 Å². The molecule has 1 aliphatic heterocycles. The van der Waals surface area contributed by atoms with Crippen LogP contribution in [0.25, 0.3) is 0 Å². The zero-order valence-corrected chi connectivity index (χ0v) is 5.95. The molecular weight excluding hydrogens is 138 g/mol. The van der Waals surface area contributed by atoms with Crippen LogP contribution in [-0.2, 0) is 6.42 Å². The minimum Gasteiger partial charge on any atom is -0.475 e. The Hall–Kier alpha value is -1.49. The van der Waals surface area contributed by atoms with E-state index in [0.29, 0.717) is 0 Å². The minimum atomic E-state index is -0.271.